The predicted octanol–water partition coefficient (Wildman–Crippen LogP) is 5.00. The third kappa shape index (κ3) is 3.19. The van der Waals surface area contributed by atoms with Crippen LogP contribution in [0.1, 0.15) is 18.9 Å². The molecule has 0 unspecified atom stereocenters. The fourth-order valence-electron chi connectivity index (χ4n) is 2.46. The Morgan fingerprint density at radius 3 is 2.81 bits per heavy atom. The Morgan fingerprint density at radius 2 is 1.95 bits per heavy atom. The van der Waals surface area contributed by atoms with Gasteiger partial charge in [0, 0.05) is 34.5 Å². The molecule has 0 radical (unpaired) electrons. The Morgan fingerprint density at radius 1 is 1.14 bits per heavy atom. The number of para-hydroxylation sites is 1. The van der Waals surface area contributed by atoms with Crippen LogP contribution in [-0.4, -0.2) is 15.9 Å². The zero-order chi connectivity index (χ0) is 14.7. The predicted molar refractivity (Wildman–Crippen MR) is 92.6 cm³/mol. The highest BCUT2D eigenvalue weighted by atomic mass is 32.2. The number of carbonyl (C=O) groups is 1. The van der Waals surface area contributed by atoms with Gasteiger partial charge in [-0.05, 0) is 30.2 Å². The van der Waals surface area contributed by atoms with E-state index in [9.17, 15) is 4.79 Å². The van der Waals surface area contributed by atoms with Crippen LogP contribution in [0.3, 0.4) is 0 Å². The van der Waals surface area contributed by atoms with Crippen LogP contribution in [0, 0.1) is 0 Å². The highest BCUT2D eigenvalue weighted by molar-refractivity contribution is 8.13. The molecule has 21 heavy (non-hydrogen) atoms. The minimum Gasteiger partial charge on any atom is -0.355 e. The molecular formula is C18H17NOS. The summed E-state index contributed by atoms with van der Waals surface area (Å²) in [5.74, 6) is 0.848. The number of rotatable bonds is 4. The van der Waals surface area contributed by atoms with E-state index in [0.29, 0.717) is 0 Å². The van der Waals surface area contributed by atoms with E-state index in [-0.39, 0.29) is 5.12 Å². The molecule has 1 heterocycles. The van der Waals surface area contributed by atoms with Gasteiger partial charge >= 0.3 is 0 Å². The van der Waals surface area contributed by atoms with Crippen LogP contribution in [0.25, 0.3) is 27.9 Å². The third-order valence-corrected chi connectivity index (χ3v) is 4.28. The van der Waals surface area contributed by atoms with Gasteiger partial charge < -0.3 is 4.98 Å². The highest BCUT2D eigenvalue weighted by Gasteiger charge is 2.03. The van der Waals surface area contributed by atoms with Crippen molar-refractivity contribution in [2.45, 2.75) is 13.3 Å². The molecule has 0 aliphatic carbocycles. The molecule has 0 fully saturated rings. The van der Waals surface area contributed by atoms with Gasteiger partial charge in [-0.3, -0.25) is 4.79 Å². The first-order valence-corrected chi connectivity index (χ1v) is 8.03. The number of carbonyl (C=O) groups excluding carboxylic acids is 1. The maximum Gasteiger partial charge on any atom is 0.185 e. The van der Waals surface area contributed by atoms with Gasteiger partial charge in [-0.2, -0.15) is 0 Å². The molecule has 0 amide bonds. The second-order valence-electron chi connectivity index (χ2n) is 5.01. The Hall–Kier alpha value is -2.00. The zero-order valence-electron chi connectivity index (χ0n) is 11.9. The molecule has 0 aliphatic rings. The van der Waals surface area contributed by atoms with Crippen molar-refractivity contribution >= 4 is 44.8 Å². The molecule has 0 aliphatic heterocycles. The summed E-state index contributed by atoms with van der Waals surface area (Å²) in [4.78, 5) is 14.3. The quantitative estimate of drug-likeness (QED) is 0.687. The molecule has 3 heteroatoms. The van der Waals surface area contributed by atoms with Crippen LogP contribution in [-0.2, 0) is 4.79 Å². The van der Waals surface area contributed by atoms with E-state index < -0.39 is 0 Å². The summed E-state index contributed by atoms with van der Waals surface area (Å²) in [6.07, 6.45) is 5.17. The first-order chi connectivity index (χ1) is 10.2. The van der Waals surface area contributed by atoms with E-state index in [4.69, 9.17) is 0 Å². The maximum absolute atomic E-state index is 10.9. The average Bonchev–Trinajstić information content (AvgIpc) is 2.84. The molecular weight excluding hydrogens is 278 g/mol. The lowest BCUT2D eigenvalue weighted by molar-refractivity contribution is -0.109. The Balaban J connectivity index is 1.82. The van der Waals surface area contributed by atoms with Crippen LogP contribution in [0.5, 0.6) is 0 Å². The van der Waals surface area contributed by atoms with E-state index in [0.717, 1.165) is 12.2 Å². The average molecular weight is 295 g/mol. The first-order valence-electron chi connectivity index (χ1n) is 7.04. The number of H-pyrrole nitrogens is 1. The van der Waals surface area contributed by atoms with Crippen molar-refractivity contribution in [3.63, 3.8) is 0 Å². The van der Waals surface area contributed by atoms with Gasteiger partial charge in [0.25, 0.3) is 0 Å². The largest absolute Gasteiger partial charge is 0.355 e. The number of allylic oxidation sites excluding steroid dienone is 1. The number of aromatic nitrogens is 1. The Labute approximate surface area is 128 Å². The molecule has 2 aromatic carbocycles. The lowest BCUT2D eigenvalue weighted by Gasteiger charge is -1.96. The van der Waals surface area contributed by atoms with Crippen molar-refractivity contribution in [1.82, 2.24) is 4.98 Å². The van der Waals surface area contributed by atoms with Crippen molar-refractivity contribution in [3.05, 3.63) is 54.1 Å². The van der Waals surface area contributed by atoms with Gasteiger partial charge in [-0.15, -0.1) is 0 Å². The smallest absolute Gasteiger partial charge is 0.185 e. The van der Waals surface area contributed by atoms with Crippen LogP contribution < -0.4 is 0 Å². The minimum atomic E-state index is 0.184. The number of aromatic amines is 1. The summed E-state index contributed by atoms with van der Waals surface area (Å²) in [5, 5.41) is 2.70. The maximum atomic E-state index is 10.9. The molecule has 0 bridgehead atoms. The summed E-state index contributed by atoms with van der Waals surface area (Å²) < 4.78 is 0. The molecule has 0 spiro atoms. The molecule has 106 valence electrons. The van der Waals surface area contributed by atoms with Crippen LogP contribution in [0.4, 0.5) is 0 Å². The standard InChI is InChI=1S/C18H17NOS/c1-13(20)21-11-5-4-6-14-9-10-18-16(12-14)15-7-2-3-8-17(15)19-18/h2-4,6-10,12,19H,5,11H2,1H3. The molecule has 0 saturated carbocycles. The van der Waals surface area contributed by atoms with Gasteiger partial charge in [0.2, 0.25) is 0 Å². The molecule has 2 nitrogen and oxygen atoms in total. The molecule has 0 atom stereocenters. The number of hydrogen-bond acceptors (Lipinski definition) is 2. The summed E-state index contributed by atoms with van der Waals surface area (Å²) in [5.41, 5.74) is 3.53. The molecule has 3 rings (SSSR count). The second kappa shape index (κ2) is 6.19. The fourth-order valence-corrected chi connectivity index (χ4v) is 3.00. The summed E-state index contributed by atoms with van der Waals surface area (Å²) in [7, 11) is 0. The number of nitrogens with one attached hydrogen (secondary N) is 1. The summed E-state index contributed by atoms with van der Waals surface area (Å²) in [6.45, 7) is 1.61. The van der Waals surface area contributed by atoms with Crippen molar-refractivity contribution in [3.8, 4) is 0 Å². The monoisotopic (exact) mass is 295 g/mol. The lowest BCUT2D eigenvalue weighted by atomic mass is 10.1. The van der Waals surface area contributed by atoms with Crippen LogP contribution in [0.15, 0.2) is 48.5 Å². The van der Waals surface area contributed by atoms with E-state index in [1.54, 1.807) is 6.92 Å². The van der Waals surface area contributed by atoms with Gasteiger partial charge in [-0.25, -0.2) is 0 Å². The minimum absolute atomic E-state index is 0.184. The van der Waals surface area contributed by atoms with Crippen molar-refractivity contribution < 1.29 is 4.79 Å². The van der Waals surface area contributed by atoms with Gasteiger partial charge in [-0.1, -0.05) is 48.2 Å². The molecule has 3 aromatic rings. The molecule has 1 N–H and O–H groups in total. The van der Waals surface area contributed by atoms with Crippen LogP contribution in [0.2, 0.25) is 0 Å². The SMILES string of the molecule is CC(=O)SCCC=Cc1ccc2[nH]c3ccccc3c2c1. The van der Waals surface area contributed by atoms with Crippen LogP contribution >= 0.6 is 11.8 Å². The van der Waals surface area contributed by atoms with Crippen molar-refractivity contribution in [1.29, 1.82) is 0 Å². The lowest BCUT2D eigenvalue weighted by Crippen LogP contribution is -1.83. The summed E-state index contributed by atoms with van der Waals surface area (Å²) in [6, 6.07) is 14.8. The summed E-state index contributed by atoms with van der Waals surface area (Å²) >= 11 is 1.38. The van der Waals surface area contributed by atoms with E-state index in [1.807, 2.05) is 6.07 Å². The Kier molecular flexibility index (Phi) is 4.11. The zero-order valence-corrected chi connectivity index (χ0v) is 12.7. The first kappa shape index (κ1) is 14.0. The molecule has 1 aromatic heterocycles. The van der Waals surface area contributed by atoms with Gasteiger partial charge in [0.05, 0.1) is 0 Å². The Bertz CT molecular complexity index is 816. The number of fused-ring (bicyclic) bond motifs is 3. The van der Waals surface area contributed by atoms with E-state index in [1.165, 1.54) is 39.1 Å². The van der Waals surface area contributed by atoms with Crippen molar-refractivity contribution in [2.75, 3.05) is 5.75 Å². The number of benzene rings is 2. The normalized spacial score (nSPS) is 11.7. The van der Waals surface area contributed by atoms with Gasteiger partial charge in [0.15, 0.2) is 5.12 Å². The van der Waals surface area contributed by atoms with Crippen molar-refractivity contribution in [2.24, 2.45) is 0 Å². The second-order valence-corrected chi connectivity index (χ2v) is 6.28. The fraction of sp³-hybridized carbons (Fsp3) is 0.167. The van der Waals surface area contributed by atoms with Gasteiger partial charge in [0.1, 0.15) is 0 Å². The third-order valence-electron chi connectivity index (χ3n) is 3.43. The molecule has 0 saturated heterocycles. The topological polar surface area (TPSA) is 32.9 Å². The number of hydrogen-bond donors (Lipinski definition) is 1. The number of thioether (sulfide) groups is 1. The van der Waals surface area contributed by atoms with E-state index >= 15 is 0 Å². The highest BCUT2D eigenvalue weighted by Crippen LogP contribution is 2.26. The van der Waals surface area contributed by atoms with E-state index in [2.05, 4.69) is 53.5 Å².